The van der Waals surface area contributed by atoms with Gasteiger partial charge in [0.1, 0.15) is 6.54 Å². The van der Waals surface area contributed by atoms with Crippen LogP contribution in [0.15, 0.2) is 41.8 Å². The number of piperazine rings is 1. The van der Waals surface area contributed by atoms with Crippen LogP contribution in [0, 0.1) is 0 Å². The van der Waals surface area contributed by atoms with Gasteiger partial charge in [-0.3, -0.25) is 9.59 Å². The van der Waals surface area contributed by atoms with Gasteiger partial charge in [0.05, 0.1) is 10.9 Å². The molecule has 0 saturated carbocycles. The van der Waals surface area contributed by atoms with E-state index < -0.39 is 0 Å². The largest absolute Gasteiger partial charge is 0.332 e. The minimum Gasteiger partial charge on any atom is -0.332 e. The molecule has 1 atom stereocenters. The fourth-order valence-electron chi connectivity index (χ4n) is 3.39. The van der Waals surface area contributed by atoms with Crippen LogP contribution in [0.3, 0.4) is 0 Å². The maximum Gasteiger partial charge on any atom is 0.264 e. The number of benzene rings is 1. The van der Waals surface area contributed by atoms with Gasteiger partial charge in [-0.15, -0.1) is 11.3 Å². The molecule has 2 aliphatic rings. The summed E-state index contributed by atoms with van der Waals surface area (Å²) in [5, 5.41) is 1.89. The molecule has 4 nitrogen and oxygen atoms in total. The Morgan fingerprint density at radius 2 is 2.05 bits per heavy atom. The van der Waals surface area contributed by atoms with Crippen molar-refractivity contribution in [2.75, 3.05) is 19.6 Å². The summed E-state index contributed by atoms with van der Waals surface area (Å²) >= 11 is 1.42. The number of carbonyl (C=O) groups excluding carboxylic acids is 2. The Morgan fingerprint density at radius 3 is 2.86 bits per heavy atom. The zero-order valence-electron chi connectivity index (χ0n) is 12.1. The maximum absolute atomic E-state index is 12.6. The van der Waals surface area contributed by atoms with E-state index in [0.717, 1.165) is 13.0 Å². The van der Waals surface area contributed by atoms with E-state index in [4.69, 9.17) is 0 Å². The van der Waals surface area contributed by atoms with Crippen molar-refractivity contribution < 1.29 is 9.59 Å². The van der Waals surface area contributed by atoms with Crippen molar-refractivity contribution in [1.29, 1.82) is 0 Å². The molecule has 0 unspecified atom stereocenters. The summed E-state index contributed by atoms with van der Waals surface area (Å²) in [6, 6.07) is 11.9. The Morgan fingerprint density at radius 1 is 1.18 bits per heavy atom. The van der Waals surface area contributed by atoms with Crippen molar-refractivity contribution in [3.8, 4) is 0 Å². The summed E-state index contributed by atoms with van der Waals surface area (Å²) in [7, 11) is 0. The third kappa shape index (κ3) is 2.13. The second kappa shape index (κ2) is 5.25. The first kappa shape index (κ1) is 13.5. The molecule has 5 heteroatoms. The highest BCUT2D eigenvalue weighted by atomic mass is 32.1. The van der Waals surface area contributed by atoms with Crippen molar-refractivity contribution in [3.05, 3.63) is 57.8 Å². The molecule has 3 heterocycles. The Labute approximate surface area is 133 Å². The van der Waals surface area contributed by atoms with Crippen LogP contribution in [0.4, 0.5) is 0 Å². The summed E-state index contributed by atoms with van der Waals surface area (Å²) in [6.07, 6.45) is 0.900. The van der Waals surface area contributed by atoms with Gasteiger partial charge in [-0.05, 0) is 29.0 Å². The molecule has 2 aliphatic heterocycles. The smallest absolute Gasteiger partial charge is 0.264 e. The normalized spacial score (nSPS) is 20.5. The molecule has 0 N–H and O–H groups in total. The molecule has 2 aromatic rings. The van der Waals surface area contributed by atoms with E-state index >= 15 is 0 Å². The lowest BCUT2D eigenvalue weighted by molar-refractivity contribution is -0.139. The van der Waals surface area contributed by atoms with Crippen molar-refractivity contribution in [1.82, 2.24) is 9.80 Å². The average Bonchev–Trinajstić information content (AvgIpc) is 3.08. The van der Waals surface area contributed by atoms with Crippen molar-refractivity contribution >= 4 is 23.2 Å². The molecule has 4 rings (SSSR count). The standard InChI is InChI=1S/C17H16N2O2S/c20-16-11-18(17(21)15-6-3-9-22-15)10-14-13-5-2-1-4-12(13)7-8-19(14)16/h1-6,9,14H,7-8,10-11H2/t14-/m1/s1. The summed E-state index contributed by atoms with van der Waals surface area (Å²) in [5.41, 5.74) is 2.48. The van der Waals surface area contributed by atoms with Gasteiger partial charge in [0.2, 0.25) is 5.91 Å². The quantitative estimate of drug-likeness (QED) is 0.811. The monoisotopic (exact) mass is 312 g/mol. The van der Waals surface area contributed by atoms with Gasteiger partial charge < -0.3 is 9.80 Å². The minimum atomic E-state index is -0.0361. The van der Waals surface area contributed by atoms with Gasteiger partial charge in [-0.25, -0.2) is 0 Å². The van der Waals surface area contributed by atoms with E-state index in [-0.39, 0.29) is 24.4 Å². The van der Waals surface area contributed by atoms with Gasteiger partial charge in [0, 0.05) is 13.1 Å². The molecule has 1 saturated heterocycles. The van der Waals surface area contributed by atoms with Crippen LogP contribution in [0.25, 0.3) is 0 Å². The van der Waals surface area contributed by atoms with E-state index in [1.165, 1.54) is 22.5 Å². The van der Waals surface area contributed by atoms with E-state index in [9.17, 15) is 9.59 Å². The van der Waals surface area contributed by atoms with Crippen LogP contribution < -0.4 is 0 Å². The van der Waals surface area contributed by atoms with Gasteiger partial charge >= 0.3 is 0 Å². The van der Waals surface area contributed by atoms with Crippen LogP contribution >= 0.6 is 11.3 Å². The molecule has 112 valence electrons. The molecule has 2 amide bonds. The SMILES string of the molecule is O=C(c1cccs1)N1CC(=O)N2CCc3ccccc3[C@H]2C1. The molecule has 0 spiro atoms. The lowest BCUT2D eigenvalue weighted by atomic mass is 9.90. The molecule has 22 heavy (non-hydrogen) atoms. The van der Waals surface area contributed by atoms with Gasteiger partial charge in [-0.2, -0.15) is 0 Å². The molecular formula is C17H16N2O2S. The molecule has 0 aliphatic carbocycles. The van der Waals surface area contributed by atoms with Gasteiger partial charge in [-0.1, -0.05) is 30.3 Å². The second-order valence-corrected chi connectivity index (χ2v) is 6.66. The first-order valence-corrected chi connectivity index (χ1v) is 8.32. The number of amides is 2. The minimum absolute atomic E-state index is 0.00453. The second-order valence-electron chi connectivity index (χ2n) is 5.71. The lowest BCUT2D eigenvalue weighted by Gasteiger charge is -2.44. The fraction of sp³-hybridized carbons (Fsp3) is 0.294. The third-order valence-corrected chi connectivity index (χ3v) is 5.33. The highest BCUT2D eigenvalue weighted by Gasteiger charge is 2.38. The number of rotatable bonds is 1. The summed E-state index contributed by atoms with van der Waals surface area (Å²) in [5.74, 6) is 0.0155. The highest BCUT2D eigenvalue weighted by Crippen LogP contribution is 2.33. The van der Waals surface area contributed by atoms with E-state index in [1.54, 1.807) is 4.90 Å². The predicted molar refractivity (Wildman–Crippen MR) is 84.8 cm³/mol. The Bertz CT molecular complexity index is 726. The zero-order chi connectivity index (χ0) is 15.1. The topological polar surface area (TPSA) is 40.6 Å². The Kier molecular flexibility index (Phi) is 3.22. The first-order valence-electron chi connectivity index (χ1n) is 7.44. The number of nitrogens with zero attached hydrogens (tertiary/aromatic N) is 2. The molecule has 0 radical (unpaired) electrons. The summed E-state index contributed by atoms with van der Waals surface area (Å²) < 4.78 is 0. The number of hydrogen-bond acceptors (Lipinski definition) is 3. The number of carbonyl (C=O) groups is 2. The maximum atomic E-state index is 12.6. The molecule has 1 aromatic heterocycles. The van der Waals surface area contributed by atoms with E-state index in [1.807, 2.05) is 34.5 Å². The van der Waals surface area contributed by atoms with Crippen LogP contribution in [-0.2, 0) is 11.2 Å². The van der Waals surface area contributed by atoms with Crippen LogP contribution in [-0.4, -0.2) is 41.2 Å². The van der Waals surface area contributed by atoms with Crippen molar-refractivity contribution in [2.45, 2.75) is 12.5 Å². The number of fused-ring (bicyclic) bond motifs is 3. The van der Waals surface area contributed by atoms with Crippen LogP contribution in [0.5, 0.6) is 0 Å². The molecular weight excluding hydrogens is 296 g/mol. The van der Waals surface area contributed by atoms with E-state index in [2.05, 4.69) is 12.1 Å². The van der Waals surface area contributed by atoms with Gasteiger partial charge in [0.25, 0.3) is 5.91 Å². The highest BCUT2D eigenvalue weighted by molar-refractivity contribution is 7.12. The number of hydrogen-bond donors (Lipinski definition) is 0. The molecule has 1 fully saturated rings. The Hall–Kier alpha value is -2.14. The van der Waals surface area contributed by atoms with E-state index in [0.29, 0.717) is 11.4 Å². The Balaban J connectivity index is 1.66. The van der Waals surface area contributed by atoms with Crippen LogP contribution in [0.1, 0.15) is 26.8 Å². The third-order valence-electron chi connectivity index (χ3n) is 4.47. The van der Waals surface area contributed by atoms with Crippen LogP contribution in [0.2, 0.25) is 0 Å². The first-order chi connectivity index (χ1) is 10.7. The predicted octanol–water partition coefficient (Wildman–Crippen LogP) is 2.33. The zero-order valence-corrected chi connectivity index (χ0v) is 12.9. The summed E-state index contributed by atoms with van der Waals surface area (Å²) in [4.78, 5) is 29.3. The number of thiophene rings is 1. The molecule has 1 aromatic carbocycles. The van der Waals surface area contributed by atoms with Crippen molar-refractivity contribution in [3.63, 3.8) is 0 Å². The fourth-order valence-corrected chi connectivity index (χ4v) is 4.08. The molecule has 0 bridgehead atoms. The lowest BCUT2D eigenvalue weighted by Crippen LogP contribution is -2.55. The summed E-state index contributed by atoms with van der Waals surface area (Å²) in [6.45, 7) is 1.52. The van der Waals surface area contributed by atoms with Crippen molar-refractivity contribution in [2.24, 2.45) is 0 Å². The average molecular weight is 312 g/mol. The van der Waals surface area contributed by atoms with Gasteiger partial charge in [0.15, 0.2) is 0 Å².